The Hall–Kier alpha value is -2.74. The predicted octanol–water partition coefficient (Wildman–Crippen LogP) is 1.25. The number of hydrogen-bond acceptors (Lipinski definition) is 7. The van der Waals surface area contributed by atoms with Crippen molar-refractivity contribution in [2.24, 2.45) is 0 Å². The number of methoxy groups -OCH3 is 2. The van der Waals surface area contributed by atoms with E-state index in [1.807, 2.05) is 5.43 Å². The van der Waals surface area contributed by atoms with Crippen LogP contribution in [0.1, 0.15) is 23.2 Å². The minimum atomic E-state index is -4.52. The summed E-state index contributed by atoms with van der Waals surface area (Å²) in [4.78, 5) is 13.4. The van der Waals surface area contributed by atoms with Crippen LogP contribution in [0.4, 0.5) is 4.39 Å². The molecule has 1 aliphatic rings. The summed E-state index contributed by atoms with van der Waals surface area (Å²) < 4.78 is 75.9. The van der Waals surface area contributed by atoms with E-state index in [9.17, 15) is 26.0 Å². The van der Waals surface area contributed by atoms with Crippen molar-refractivity contribution in [3.63, 3.8) is 0 Å². The van der Waals surface area contributed by atoms with Gasteiger partial charge in [-0.15, -0.1) is 4.83 Å². The van der Waals surface area contributed by atoms with Gasteiger partial charge in [-0.3, -0.25) is 10.2 Å². The first-order chi connectivity index (χ1) is 15.1. The topological polar surface area (TPSA) is 131 Å². The summed E-state index contributed by atoms with van der Waals surface area (Å²) in [5, 5.41) is 0. The number of rotatable bonds is 8. The normalized spacial score (nSPS) is 14.8. The number of sulfonamides is 2. The largest absolute Gasteiger partial charge is 0.493 e. The highest BCUT2D eigenvalue weighted by molar-refractivity contribution is 7.89. The zero-order valence-electron chi connectivity index (χ0n) is 17.3. The van der Waals surface area contributed by atoms with Crippen molar-refractivity contribution in [2.75, 3.05) is 27.3 Å². The summed E-state index contributed by atoms with van der Waals surface area (Å²) in [6, 6.07) is 6.94. The number of carbonyl (C=O) groups is 1. The van der Waals surface area contributed by atoms with Gasteiger partial charge in [0.25, 0.3) is 15.9 Å². The van der Waals surface area contributed by atoms with E-state index in [-0.39, 0.29) is 22.0 Å². The van der Waals surface area contributed by atoms with Crippen LogP contribution in [0.25, 0.3) is 0 Å². The third-order valence-corrected chi connectivity index (χ3v) is 7.98. The zero-order valence-corrected chi connectivity index (χ0v) is 18.9. The van der Waals surface area contributed by atoms with E-state index in [1.54, 1.807) is 4.83 Å². The molecule has 1 heterocycles. The third-order valence-electron chi connectivity index (χ3n) is 4.83. The second-order valence-corrected chi connectivity index (χ2v) is 10.4. The number of amides is 1. The number of halogens is 1. The number of ether oxygens (including phenoxy) is 2. The molecule has 0 spiro atoms. The van der Waals surface area contributed by atoms with Gasteiger partial charge in [-0.1, -0.05) is 6.07 Å². The summed E-state index contributed by atoms with van der Waals surface area (Å²) in [5.41, 5.74) is 1.86. The first-order valence-corrected chi connectivity index (χ1v) is 12.4. The molecule has 10 nitrogen and oxygen atoms in total. The number of benzene rings is 2. The Kier molecular flexibility index (Phi) is 7.03. The molecule has 174 valence electrons. The summed E-state index contributed by atoms with van der Waals surface area (Å²) in [7, 11) is -5.76. The number of carbonyl (C=O) groups excluding carboxylic acids is 1. The number of hydrogen-bond donors (Lipinski definition) is 2. The second-order valence-electron chi connectivity index (χ2n) is 6.84. The van der Waals surface area contributed by atoms with Crippen molar-refractivity contribution in [2.45, 2.75) is 22.6 Å². The molecule has 2 N–H and O–H groups in total. The van der Waals surface area contributed by atoms with E-state index in [0.29, 0.717) is 13.1 Å². The molecule has 1 saturated heterocycles. The quantitative estimate of drug-likeness (QED) is 0.536. The Morgan fingerprint density at radius 3 is 2.25 bits per heavy atom. The van der Waals surface area contributed by atoms with Crippen LogP contribution in [0.5, 0.6) is 11.5 Å². The van der Waals surface area contributed by atoms with Gasteiger partial charge in [0, 0.05) is 30.8 Å². The lowest BCUT2D eigenvalue weighted by Crippen LogP contribution is -2.41. The van der Waals surface area contributed by atoms with Gasteiger partial charge in [0.2, 0.25) is 10.0 Å². The summed E-state index contributed by atoms with van der Waals surface area (Å²) in [6.45, 7) is 0.797. The molecule has 0 aliphatic carbocycles. The van der Waals surface area contributed by atoms with Gasteiger partial charge in [-0.25, -0.2) is 21.2 Å². The van der Waals surface area contributed by atoms with Crippen molar-refractivity contribution in [3.8, 4) is 11.5 Å². The molecule has 13 heteroatoms. The molecule has 0 aromatic heterocycles. The maximum Gasteiger partial charge on any atom is 0.266 e. The Morgan fingerprint density at radius 1 is 1.00 bits per heavy atom. The van der Waals surface area contributed by atoms with Gasteiger partial charge in [0.15, 0.2) is 11.5 Å². The van der Waals surface area contributed by atoms with Crippen molar-refractivity contribution >= 4 is 26.0 Å². The fourth-order valence-corrected chi connectivity index (χ4v) is 5.64. The van der Waals surface area contributed by atoms with Gasteiger partial charge >= 0.3 is 0 Å². The average molecular weight is 488 g/mol. The predicted molar refractivity (Wildman–Crippen MR) is 112 cm³/mol. The van der Waals surface area contributed by atoms with Crippen molar-refractivity contribution < 1.29 is 35.5 Å². The highest BCUT2D eigenvalue weighted by atomic mass is 32.2. The van der Waals surface area contributed by atoms with Crippen LogP contribution >= 0.6 is 0 Å². The van der Waals surface area contributed by atoms with E-state index in [2.05, 4.69) is 0 Å². The Bertz CT molecular complexity index is 1230. The average Bonchev–Trinajstić information content (AvgIpc) is 3.33. The number of hydrazine groups is 1. The summed E-state index contributed by atoms with van der Waals surface area (Å²) in [5.74, 6) is -2.08. The molecule has 0 saturated carbocycles. The molecule has 0 unspecified atom stereocenters. The monoisotopic (exact) mass is 487 g/mol. The molecule has 32 heavy (non-hydrogen) atoms. The van der Waals surface area contributed by atoms with Crippen LogP contribution in [0.15, 0.2) is 46.2 Å². The molecule has 1 fully saturated rings. The summed E-state index contributed by atoms with van der Waals surface area (Å²) >= 11 is 0. The highest BCUT2D eigenvalue weighted by Crippen LogP contribution is 2.31. The minimum absolute atomic E-state index is 0.0102. The molecular weight excluding hydrogens is 465 g/mol. The van der Waals surface area contributed by atoms with Crippen molar-refractivity contribution in [3.05, 3.63) is 47.8 Å². The van der Waals surface area contributed by atoms with Gasteiger partial charge in [-0.05, 0) is 31.0 Å². The van der Waals surface area contributed by atoms with E-state index in [0.717, 1.165) is 31.0 Å². The lowest BCUT2D eigenvalue weighted by atomic mass is 10.2. The van der Waals surface area contributed by atoms with Crippen LogP contribution in [0.2, 0.25) is 0 Å². The maximum absolute atomic E-state index is 14.3. The molecule has 0 radical (unpaired) electrons. The lowest BCUT2D eigenvalue weighted by molar-refractivity contribution is 0.0945. The zero-order chi connectivity index (χ0) is 23.5. The first kappa shape index (κ1) is 23.9. The van der Waals surface area contributed by atoms with Crippen LogP contribution in [0, 0.1) is 5.82 Å². The Morgan fingerprint density at radius 2 is 1.62 bits per heavy atom. The number of nitrogens with one attached hydrogen (secondary N) is 2. The first-order valence-electron chi connectivity index (χ1n) is 9.44. The van der Waals surface area contributed by atoms with Gasteiger partial charge in [0.1, 0.15) is 10.7 Å². The molecule has 1 amide bonds. The Labute approximate surface area is 185 Å². The molecule has 0 bridgehead atoms. The van der Waals surface area contributed by atoms with Crippen LogP contribution < -0.4 is 19.7 Å². The van der Waals surface area contributed by atoms with E-state index in [4.69, 9.17) is 9.47 Å². The van der Waals surface area contributed by atoms with E-state index < -0.39 is 36.7 Å². The highest BCUT2D eigenvalue weighted by Gasteiger charge is 2.28. The van der Waals surface area contributed by atoms with Gasteiger partial charge < -0.3 is 9.47 Å². The van der Waals surface area contributed by atoms with E-state index in [1.165, 1.54) is 36.7 Å². The van der Waals surface area contributed by atoms with Crippen LogP contribution in [-0.2, 0) is 20.0 Å². The molecule has 0 atom stereocenters. The lowest BCUT2D eigenvalue weighted by Gasteiger charge is -2.16. The molecule has 2 aromatic rings. The minimum Gasteiger partial charge on any atom is -0.493 e. The summed E-state index contributed by atoms with van der Waals surface area (Å²) in [6.07, 6.45) is 1.52. The SMILES string of the molecule is COc1cc(F)c(S(=O)(=O)NNC(=O)c2cccc(S(=O)(=O)N3CCCC3)c2)cc1OC. The van der Waals surface area contributed by atoms with Crippen LogP contribution in [-0.4, -0.2) is 54.4 Å². The second kappa shape index (κ2) is 9.40. The molecular formula is C19H22FN3O7S2. The van der Waals surface area contributed by atoms with Gasteiger partial charge in [-0.2, -0.15) is 4.31 Å². The van der Waals surface area contributed by atoms with Crippen molar-refractivity contribution in [1.29, 1.82) is 0 Å². The van der Waals surface area contributed by atoms with Gasteiger partial charge in [0.05, 0.1) is 19.1 Å². The third kappa shape index (κ3) is 4.85. The molecule has 1 aliphatic heterocycles. The molecule has 2 aromatic carbocycles. The fraction of sp³-hybridized carbons (Fsp3) is 0.316. The smallest absolute Gasteiger partial charge is 0.266 e. The van der Waals surface area contributed by atoms with E-state index >= 15 is 0 Å². The fourth-order valence-electron chi connectivity index (χ4n) is 3.16. The van der Waals surface area contributed by atoms with Crippen LogP contribution in [0.3, 0.4) is 0 Å². The standard InChI is InChI=1S/C19H22FN3O7S2/c1-29-16-11-15(20)18(12-17(16)30-2)31(25,26)22-21-19(24)13-6-5-7-14(10-13)32(27,28)23-8-3-4-9-23/h5-7,10-12,22H,3-4,8-9H2,1-2H3,(H,21,24). The van der Waals surface area contributed by atoms with Crippen molar-refractivity contribution in [1.82, 2.24) is 14.6 Å². The number of nitrogens with zero attached hydrogens (tertiary/aromatic N) is 1. The maximum atomic E-state index is 14.3. The molecule has 3 rings (SSSR count). The Balaban J connectivity index is 1.79.